The number of nitrogens with one attached hydrogen (secondary N) is 1. The summed E-state index contributed by atoms with van der Waals surface area (Å²) in [4.78, 5) is 51.2. The lowest BCUT2D eigenvalue weighted by atomic mass is 9.89. The lowest BCUT2D eigenvalue weighted by Crippen LogP contribution is -2.57. The number of pyridine rings is 1. The topological polar surface area (TPSA) is 124 Å². The van der Waals surface area contributed by atoms with Gasteiger partial charge in [0.1, 0.15) is 11.6 Å². The Morgan fingerprint density at radius 2 is 1.84 bits per heavy atom. The third-order valence-electron chi connectivity index (χ3n) is 6.28. The summed E-state index contributed by atoms with van der Waals surface area (Å²) in [5, 5.41) is 2.86. The number of amides is 3. The first-order valence-electron chi connectivity index (χ1n) is 10.6. The lowest BCUT2D eigenvalue weighted by Gasteiger charge is -2.38. The molecule has 1 aromatic heterocycles. The molecular weight excluding hydrogens is 412 g/mol. The van der Waals surface area contributed by atoms with Gasteiger partial charge in [0.05, 0.1) is 0 Å². The molecule has 9 heteroatoms. The van der Waals surface area contributed by atoms with Crippen LogP contribution in [0.25, 0.3) is 5.69 Å². The molecule has 0 bridgehead atoms. The van der Waals surface area contributed by atoms with E-state index in [1.807, 2.05) is 0 Å². The fraction of sp³-hybridized carbons (Fsp3) is 0.391. The van der Waals surface area contributed by atoms with Crippen LogP contribution in [-0.2, 0) is 19.1 Å². The van der Waals surface area contributed by atoms with Gasteiger partial charge >= 0.3 is 0 Å². The van der Waals surface area contributed by atoms with Crippen molar-refractivity contribution in [3.05, 3.63) is 59.0 Å². The molecule has 0 radical (unpaired) electrons. The van der Waals surface area contributed by atoms with Crippen LogP contribution in [0.3, 0.4) is 0 Å². The van der Waals surface area contributed by atoms with Crippen molar-refractivity contribution in [3.8, 4) is 5.69 Å². The number of methoxy groups -OCH3 is 1. The van der Waals surface area contributed by atoms with Crippen LogP contribution in [0.5, 0.6) is 0 Å². The predicted molar refractivity (Wildman–Crippen MR) is 117 cm³/mol. The van der Waals surface area contributed by atoms with E-state index in [1.54, 1.807) is 42.6 Å². The first-order valence-corrected chi connectivity index (χ1v) is 10.6. The van der Waals surface area contributed by atoms with Crippen molar-refractivity contribution in [2.24, 2.45) is 11.7 Å². The Balaban J connectivity index is 1.42. The number of aromatic nitrogens is 1. The Bertz CT molecular complexity index is 1090. The molecule has 2 atom stereocenters. The van der Waals surface area contributed by atoms with Crippen LogP contribution in [0.4, 0.5) is 5.69 Å². The van der Waals surface area contributed by atoms with E-state index in [1.165, 1.54) is 22.6 Å². The van der Waals surface area contributed by atoms with Crippen molar-refractivity contribution in [2.45, 2.75) is 37.3 Å². The van der Waals surface area contributed by atoms with Gasteiger partial charge in [0.2, 0.25) is 11.8 Å². The lowest BCUT2D eigenvalue weighted by molar-refractivity contribution is -0.153. The Morgan fingerprint density at radius 3 is 2.44 bits per heavy atom. The standard InChI is InChI=1S/C23H26N4O5/c1-32-23(10-11-23)22(31)27-13-9-15(14-18(27)20(24)29)21(30)25-16-5-7-17(8-6-16)26-12-3-2-4-19(26)28/h2-8,12,15,18H,9-11,13-14H2,1H3,(H2,24,29)(H,25,30). The molecule has 1 aromatic carbocycles. The number of carbonyl (C=O) groups is 3. The number of anilines is 1. The molecule has 2 heterocycles. The van der Waals surface area contributed by atoms with Crippen molar-refractivity contribution in [2.75, 3.05) is 19.0 Å². The average molecular weight is 438 g/mol. The number of ether oxygens (including phenoxy) is 1. The van der Waals surface area contributed by atoms with Gasteiger partial charge in [-0.2, -0.15) is 0 Å². The number of benzene rings is 1. The molecule has 2 unspecified atom stereocenters. The van der Waals surface area contributed by atoms with E-state index in [0.29, 0.717) is 30.6 Å². The number of piperidine rings is 1. The van der Waals surface area contributed by atoms with Gasteiger partial charge < -0.3 is 20.7 Å². The van der Waals surface area contributed by atoms with E-state index >= 15 is 0 Å². The first kappa shape index (κ1) is 21.8. The quantitative estimate of drug-likeness (QED) is 0.698. The monoisotopic (exact) mass is 438 g/mol. The zero-order chi connectivity index (χ0) is 22.9. The largest absolute Gasteiger partial charge is 0.368 e. The minimum absolute atomic E-state index is 0.149. The Labute approximate surface area is 185 Å². The molecule has 3 N–H and O–H groups in total. The SMILES string of the molecule is COC1(C(=O)N2CCC(C(=O)Nc3ccc(-n4ccccc4=O)cc3)CC2C(N)=O)CC1. The van der Waals surface area contributed by atoms with E-state index in [2.05, 4.69) is 5.32 Å². The van der Waals surface area contributed by atoms with Crippen LogP contribution >= 0.6 is 0 Å². The number of carbonyl (C=O) groups excluding carboxylic acids is 3. The molecule has 32 heavy (non-hydrogen) atoms. The number of likely N-dealkylation sites (tertiary alicyclic amines) is 1. The number of rotatable bonds is 6. The van der Waals surface area contributed by atoms with Gasteiger partial charge in [-0.15, -0.1) is 0 Å². The number of primary amides is 1. The molecule has 1 saturated heterocycles. The van der Waals surface area contributed by atoms with Gasteiger partial charge in [0.15, 0.2) is 0 Å². The molecule has 1 saturated carbocycles. The zero-order valence-corrected chi connectivity index (χ0v) is 17.8. The van der Waals surface area contributed by atoms with Crippen molar-refractivity contribution in [1.82, 2.24) is 9.47 Å². The van der Waals surface area contributed by atoms with Crippen molar-refractivity contribution in [1.29, 1.82) is 0 Å². The first-order chi connectivity index (χ1) is 15.3. The molecular formula is C23H26N4O5. The van der Waals surface area contributed by atoms with Gasteiger partial charge in [-0.05, 0) is 56.0 Å². The highest BCUT2D eigenvalue weighted by Gasteiger charge is 2.54. The van der Waals surface area contributed by atoms with Crippen LogP contribution in [-0.4, -0.2) is 52.5 Å². The molecule has 2 fully saturated rings. The normalized spacial score (nSPS) is 21.6. The number of hydrogen-bond acceptors (Lipinski definition) is 5. The fourth-order valence-corrected chi connectivity index (χ4v) is 4.19. The van der Waals surface area contributed by atoms with Crippen LogP contribution in [0.1, 0.15) is 25.7 Å². The Morgan fingerprint density at radius 1 is 1.12 bits per heavy atom. The molecule has 168 valence electrons. The molecule has 9 nitrogen and oxygen atoms in total. The van der Waals surface area contributed by atoms with Crippen LogP contribution < -0.4 is 16.6 Å². The minimum atomic E-state index is -0.842. The summed E-state index contributed by atoms with van der Waals surface area (Å²) in [6, 6.07) is 11.0. The van der Waals surface area contributed by atoms with Gasteiger partial charge in [0.25, 0.3) is 11.5 Å². The van der Waals surface area contributed by atoms with Crippen LogP contribution in [0.15, 0.2) is 53.5 Å². The van der Waals surface area contributed by atoms with Crippen molar-refractivity contribution < 1.29 is 19.1 Å². The maximum Gasteiger partial charge on any atom is 0.255 e. The second-order valence-electron chi connectivity index (χ2n) is 8.28. The number of nitrogens with zero attached hydrogens (tertiary/aromatic N) is 2. The summed E-state index contributed by atoms with van der Waals surface area (Å²) < 4.78 is 6.85. The van der Waals surface area contributed by atoms with E-state index in [-0.39, 0.29) is 30.3 Å². The molecule has 2 aromatic rings. The highest BCUT2D eigenvalue weighted by molar-refractivity contribution is 5.96. The zero-order valence-electron chi connectivity index (χ0n) is 17.8. The van der Waals surface area contributed by atoms with Gasteiger partial charge in [-0.25, -0.2) is 0 Å². The Hall–Kier alpha value is -3.46. The van der Waals surface area contributed by atoms with E-state index < -0.39 is 23.5 Å². The second kappa shape index (κ2) is 8.58. The number of hydrogen-bond donors (Lipinski definition) is 2. The highest BCUT2D eigenvalue weighted by Crippen LogP contribution is 2.42. The molecule has 4 rings (SSSR count). The molecule has 1 aliphatic heterocycles. The van der Waals surface area contributed by atoms with Gasteiger partial charge in [0, 0.05) is 43.2 Å². The maximum atomic E-state index is 12.8. The maximum absolute atomic E-state index is 12.8. The average Bonchev–Trinajstić information content (AvgIpc) is 3.60. The predicted octanol–water partition coefficient (Wildman–Crippen LogP) is 1.05. The van der Waals surface area contributed by atoms with Gasteiger partial charge in [-0.1, -0.05) is 6.07 Å². The number of nitrogens with two attached hydrogens (primary N) is 1. The van der Waals surface area contributed by atoms with Crippen molar-refractivity contribution >= 4 is 23.4 Å². The Kier molecular flexibility index (Phi) is 5.84. The fourth-order valence-electron chi connectivity index (χ4n) is 4.19. The van der Waals surface area contributed by atoms with Crippen molar-refractivity contribution in [3.63, 3.8) is 0 Å². The second-order valence-corrected chi connectivity index (χ2v) is 8.28. The molecule has 3 amide bonds. The highest BCUT2D eigenvalue weighted by atomic mass is 16.5. The van der Waals surface area contributed by atoms with Crippen LogP contribution in [0, 0.1) is 5.92 Å². The molecule has 0 spiro atoms. The molecule has 1 aliphatic carbocycles. The van der Waals surface area contributed by atoms with Crippen LogP contribution in [0.2, 0.25) is 0 Å². The summed E-state index contributed by atoms with van der Waals surface area (Å²) in [6.45, 7) is 0.269. The third kappa shape index (κ3) is 4.16. The van der Waals surface area contributed by atoms with E-state index in [4.69, 9.17) is 10.5 Å². The minimum Gasteiger partial charge on any atom is -0.368 e. The summed E-state index contributed by atoms with van der Waals surface area (Å²) >= 11 is 0. The molecule has 2 aliphatic rings. The smallest absolute Gasteiger partial charge is 0.255 e. The summed E-state index contributed by atoms with van der Waals surface area (Å²) in [5.74, 6) is -1.54. The summed E-state index contributed by atoms with van der Waals surface area (Å²) in [6.07, 6.45) is 3.52. The van der Waals surface area contributed by atoms with Gasteiger partial charge in [-0.3, -0.25) is 23.7 Å². The third-order valence-corrected chi connectivity index (χ3v) is 6.28. The van der Waals surface area contributed by atoms with E-state index in [9.17, 15) is 19.2 Å². The summed E-state index contributed by atoms with van der Waals surface area (Å²) in [5.41, 5.74) is 5.83. The summed E-state index contributed by atoms with van der Waals surface area (Å²) in [7, 11) is 1.49. The van der Waals surface area contributed by atoms with E-state index in [0.717, 1.165) is 0 Å².